The molecule has 0 aromatic heterocycles. The minimum atomic E-state index is -2.94. The van der Waals surface area contributed by atoms with Crippen molar-refractivity contribution in [3.05, 3.63) is 196 Å². The molecule has 8 aromatic carbocycles. The van der Waals surface area contributed by atoms with Crippen molar-refractivity contribution in [1.29, 1.82) is 0 Å². The SMILES string of the molecule is Cc1[cH-]c2cccc(-c3ccccc3)c2c1[Si](c1ccccc1)(c1ccccc1)c1c(C)[cH-]c2cccc(-c3ccccc3)c12.[CH3-].[CH3-].[Zr+4]. The van der Waals surface area contributed by atoms with Gasteiger partial charge in [0.2, 0.25) is 0 Å². The van der Waals surface area contributed by atoms with Gasteiger partial charge in [0.15, 0.2) is 0 Å². The number of benzene rings is 6. The van der Waals surface area contributed by atoms with E-state index in [0.29, 0.717) is 0 Å². The van der Waals surface area contributed by atoms with Crippen molar-refractivity contribution in [2.45, 2.75) is 13.8 Å². The zero-order chi connectivity index (χ0) is 30.4. The van der Waals surface area contributed by atoms with E-state index < -0.39 is 8.07 Å². The van der Waals surface area contributed by atoms with Crippen molar-refractivity contribution in [3.63, 3.8) is 0 Å². The number of aryl methyl sites for hydroxylation is 2. The van der Waals surface area contributed by atoms with Crippen LogP contribution in [0.25, 0.3) is 43.8 Å². The topological polar surface area (TPSA) is 0 Å². The van der Waals surface area contributed by atoms with Crippen LogP contribution in [0.15, 0.2) is 170 Å². The van der Waals surface area contributed by atoms with Gasteiger partial charge in [-0.05, 0) is 11.1 Å². The van der Waals surface area contributed by atoms with E-state index in [1.807, 2.05) is 0 Å². The Balaban J connectivity index is 0.00000150. The molecular weight excluding hydrogens is 672 g/mol. The molecule has 0 radical (unpaired) electrons. The van der Waals surface area contributed by atoms with Gasteiger partial charge in [0, 0.05) is 0 Å². The van der Waals surface area contributed by atoms with Gasteiger partial charge in [0.1, 0.15) is 0 Å². The van der Waals surface area contributed by atoms with Gasteiger partial charge in [-0.2, -0.15) is 0 Å². The van der Waals surface area contributed by atoms with Crippen molar-refractivity contribution < 1.29 is 26.2 Å². The molecule has 2 heteroatoms. The van der Waals surface area contributed by atoms with Crippen LogP contribution in [0.4, 0.5) is 0 Å². The summed E-state index contributed by atoms with van der Waals surface area (Å²) in [6, 6.07) is 63.3. The Bertz CT molecular complexity index is 2100. The Morgan fingerprint density at radius 3 is 1.08 bits per heavy atom. The zero-order valence-corrected chi connectivity index (χ0v) is 31.6. The molecule has 0 spiro atoms. The second-order valence-electron chi connectivity index (χ2n) is 12.2. The number of hydrogen-bond donors (Lipinski definition) is 0. The van der Waals surface area contributed by atoms with Crippen LogP contribution in [0.2, 0.25) is 0 Å². The van der Waals surface area contributed by atoms with Gasteiger partial charge in [0.25, 0.3) is 0 Å². The quantitative estimate of drug-likeness (QED) is 0.119. The Kier molecular flexibility index (Phi) is 10.5. The van der Waals surface area contributed by atoms with Crippen LogP contribution in [0.5, 0.6) is 0 Å². The first-order valence-corrected chi connectivity index (χ1v) is 17.8. The third-order valence-corrected chi connectivity index (χ3v) is 14.7. The molecule has 0 saturated carbocycles. The van der Waals surface area contributed by atoms with Gasteiger partial charge in [0.05, 0.1) is 8.07 Å². The van der Waals surface area contributed by atoms with Gasteiger partial charge in [-0.25, -0.2) is 0 Å². The fourth-order valence-electron chi connectivity index (χ4n) is 7.87. The molecule has 0 nitrogen and oxygen atoms in total. The summed E-state index contributed by atoms with van der Waals surface area (Å²) >= 11 is 0. The van der Waals surface area contributed by atoms with E-state index in [0.717, 1.165) is 0 Å². The minimum Gasteiger partial charge on any atom is -0.358 e. The molecule has 0 saturated heterocycles. The Morgan fingerprint density at radius 2 is 0.729 bits per heavy atom. The van der Waals surface area contributed by atoms with Crippen LogP contribution in [0.3, 0.4) is 0 Å². The first-order valence-electron chi connectivity index (χ1n) is 15.8. The van der Waals surface area contributed by atoms with Gasteiger partial charge >= 0.3 is 26.2 Å². The van der Waals surface area contributed by atoms with Crippen LogP contribution in [-0.2, 0) is 26.2 Å². The second-order valence-corrected chi connectivity index (χ2v) is 15.8. The molecular formula is C46H40SiZr. The van der Waals surface area contributed by atoms with Crippen molar-refractivity contribution in [2.24, 2.45) is 0 Å². The van der Waals surface area contributed by atoms with E-state index in [-0.39, 0.29) is 41.1 Å². The summed E-state index contributed by atoms with van der Waals surface area (Å²) in [4.78, 5) is 0. The third kappa shape index (κ3) is 5.52. The second kappa shape index (κ2) is 14.4. The number of rotatable bonds is 6. The van der Waals surface area contributed by atoms with E-state index in [1.54, 1.807) is 0 Å². The van der Waals surface area contributed by atoms with Crippen LogP contribution >= 0.6 is 0 Å². The zero-order valence-electron chi connectivity index (χ0n) is 28.2. The average molecular weight is 712 g/mol. The predicted molar refractivity (Wildman–Crippen MR) is 209 cm³/mol. The van der Waals surface area contributed by atoms with Gasteiger partial charge in [-0.3, -0.25) is 0 Å². The van der Waals surface area contributed by atoms with Crippen LogP contribution in [0.1, 0.15) is 11.1 Å². The first kappa shape index (κ1) is 35.0. The van der Waals surface area contributed by atoms with Crippen molar-refractivity contribution in [1.82, 2.24) is 0 Å². The van der Waals surface area contributed by atoms with Gasteiger partial charge in [-0.1, -0.05) is 169 Å². The summed E-state index contributed by atoms with van der Waals surface area (Å²) < 4.78 is 0. The summed E-state index contributed by atoms with van der Waals surface area (Å²) in [5, 5.41) is 11.2. The average Bonchev–Trinajstić information content (AvgIpc) is 3.63. The van der Waals surface area contributed by atoms with E-state index in [4.69, 9.17) is 0 Å². The maximum absolute atomic E-state index is 2.94. The van der Waals surface area contributed by atoms with Crippen molar-refractivity contribution >= 4 is 50.4 Å². The molecule has 0 heterocycles. The maximum atomic E-state index is 2.43. The van der Waals surface area contributed by atoms with Crippen LogP contribution in [0, 0.1) is 28.7 Å². The fraction of sp³-hybridized carbons (Fsp3) is 0.0435. The summed E-state index contributed by atoms with van der Waals surface area (Å²) in [7, 11) is -2.94. The number of fused-ring (bicyclic) bond motifs is 2. The molecule has 0 fully saturated rings. The van der Waals surface area contributed by atoms with Gasteiger partial charge < -0.3 is 14.9 Å². The van der Waals surface area contributed by atoms with Crippen molar-refractivity contribution in [3.8, 4) is 22.3 Å². The summed E-state index contributed by atoms with van der Waals surface area (Å²) in [6.07, 6.45) is 0. The predicted octanol–water partition coefficient (Wildman–Crippen LogP) is 9.66. The maximum Gasteiger partial charge on any atom is 4.00 e. The Morgan fingerprint density at radius 1 is 0.396 bits per heavy atom. The summed E-state index contributed by atoms with van der Waals surface area (Å²) in [5.74, 6) is 0. The molecule has 0 unspecified atom stereocenters. The number of hydrogen-bond acceptors (Lipinski definition) is 0. The molecule has 48 heavy (non-hydrogen) atoms. The smallest absolute Gasteiger partial charge is 0.358 e. The summed E-state index contributed by atoms with van der Waals surface area (Å²) in [5.41, 5.74) is 7.84. The van der Waals surface area contributed by atoms with E-state index >= 15 is 0 Å². The molecule has 0 bridgehead atoms. The third-order valence-electron chi connectivity index (χ3n) is 9.56. The minimum absolute atomic E-state index is 0. The monoisotopic (exact) mass is 710 g/mol. The molecule has 8 rings (SSSR count). The molecule has 0 atom stereocenters. The molecule has 0 aliphatic carbocycles. The van der Waals surface area contributed by atoms with E-state index in [2.05, 4.69) is 184 Å². The summed E-state index contributed by atoms with van der Waals surface area (Å²) in [6.45, 7) is 4.69. The van der Waals surface area contributed by atoms with Gasteiger partial charge in [-0.15, -0.1) is 79.4 Å². The molecule has 0 aliphatic rings. The molecule has 8 aromatic rings. The van der Waals surface area contributed by atoms with Crippen LogP contribution < -0.4 is 20.7 Å². The van der Waals surface area contributed by atoms with Crippen molar-refractivity contribution in [2.75, 3.05) is 0 Å². The largest absolute Gasteiger partial charge is 4.00 e. The fourth-order valence-corrected chi connectivity index (χ4v) is 13.6. The Hall–Kier alpha value is -4.36. The molecule has 232 valence electrons. The molecule has 0 aliphatic heterocycles. The first-order chi connectivity index (χ1) is 22.2. The molecule has 0 amide bonds. The standard InChI is InChI=1S/C44H34Si.2CH3.Zr/c1-31-29-35-21-15-27-39(33-17-7-3-8-18-33)41(35)43(31)45(37-23-11-5-12-24-37,38-25-13-6-14-26-38)44-32(2)30-36-22-16-28-40(42(36)44)34-19-9-4-10-20-34;;;/h3-30H,1-2H3;2*1H3;/q-2;2*-1;+4. The Labute approximate surface area is 306 Å². The molecule has 0 N–H and O–H groups in total. The van der Waals surface area contributed by atoms with E-state index in [1.165, 1.54) is 75.7 Å². The van der Waals surface area contributed by atoms with E-state index in [9.17, 15) is 0 Å². The normalized spacial score (nSPS) is 11.0. The van der Waals surface area contributed by atoms with Crippen LogP contribution in [-0.4, -0.2) is 8.07 Å².